The number of nitrogens with zero attached hydrogens (tertiary/aromatic N) is 1. The molecule has 6 heteroatoms. The summed E-state index contributed by atoms with van der Waals surface area (Å²) in [4.78, 5) is 14.0. The third-order valence-electron chi connectivity index (χ3n) is 4.76. The number of aryl methyl sites for hydroxylation is 1. The fourth-order valence-electron chi connectivity index (χ4n) is 3.30. The van der Waals surface area contributed by atoms with Crippen LogP contribution in [0.4, 0.5) is 13.2 Å². The van der Waals surface area contributed by atoms with E-state index in [0.717, 1.165) is 38.4 Å². The van der Waals surface area contributed by atoms with Crippen LogP contribution in [0.15, 0.2) is 30.3 Å². The van der Waals surface area contributed by atoms with Crippen LogP contribution in [-0.4, -0.2) is 30.5 Å². The number of likely N-dealkylation sites (tertiary alicyclic amines) is 1. The Hall–Kier alpha value is -2.50. The van der Waals surface area contributed by atoms with E-state index in [9.17, 15) is 18.0 Å². The van der Waals surface area contributed by atoms with E-state index in [0.29, 0.717) is 11.6 Å². The Morgan fingerprint density at radius 1 is 1.07 bits per heavy atom. The Morgan fingerprint density at radius 3 is 2.56 bits per heavy atom. The summed E-state index contributed by atoms with van der Waals surface area (Å²) < 4.78 is 48.0. The number of carbonyl (C=O) groups is 1. The second-order valence-corrected chi connectivity index (χ2v) is 6.74. The molecule has 0 saturated carbocycles. The maximum Gasteiger partial charge on any atom is 0.225 e. The van der Waals surface area contributed by atoms with Gasteiger partial charge in [-0.2, -0.15) is 0 Å². The van der Waals surface area contributed by atoms with Gasteiger partial charge in [-0.25, -0.2) is 13.2 Å². The van der Waals surface area contributed by atoms with Gasteiger partial charge in [0.2, 0.25) is 5.91 Å². The Morgan fingerprint density at radius 2 is 1.81 bits per heavy atom. The van der Waals surface area contributed by atoms with Gasteiger partial charge < -0.3 is 9.64 Å². The van der Waals surface area contributed by atoms with Crippen LogP contribution in [0.1, 0.15) is 31.2 Å². The number of ether oxygens (including phenoxy) is 1. The lowest BCUT2D eigenvalue weighted by atomic mass is 10.0. The highest BCUT2D eigenvalue weighted by atomic mass is 19.1. The maximum atomic E-state index is 14.5. The van der Waals surface area contributed by atoms with Crippen LogP contribution in [0.3, 0.4) is 0 Å². The summed E-state index contributed by atoms with van der Waals surface area (Å²) >= 11 is 0. The summed E-state index contributed by atoms with van der Waals surface area (Å²) in [7, 11) is 0. The van der Waals surface area contributed by atoms with Gasteiger partial charge >= 0.3 is 0 Å². The molecule has 1 aliphatic heterocycles. The van der Waals surface area contributed by atoms with Crippen LogP contribution in [0, 0.1) is 24.4 Å². The molecule has 0 atom stereocenters. The lowest BCUT2D eigenvalue weighted by molar-refractivity contribution is -0.132. The summed E-state index contributed by atoms with van der Waals surface area (Å²) in [5.74, 6) is -2.60. The molecule has 3 nitrogen and oxygen atoms in total. The first-order valence-electron chi connectivity index (χ1n) is 9.12. The van der Waals surface area contributed by atoms with Crippen LogP contribution in [0.25, 0.3) is 11.1 Å². The summed E-state index contributed by atoms with van der Waals surface area (Å²) in [6.45, 7) is 2.97. The van der Waals surface area contributed by atoms with Crippen molar-refractivity contribution in [2.24, 2.45) is 0 Å². The largest absolute Gasteiger partial charge is 0.489 e. The second-order valence-electron chi connectivity index (χ2n) is 6.74. The molecule has 0 spiro atoms. The number of piperidine rings is 1. The Bertz CT molecular complexity index is 832. The number of carbonyl (C=O) groups excluding carboxylic acids is 1. The number of halogens is 3. The van der Waals surface area contributed by atoms with Gasteiger partial charge in [0.25, 0.3) is 0 Å². The number of rotatable bonds is 5. The monoisotopic (exact) mass is 377 g/mol. The molecule has 144 valence electrons. The number of hydrogen-bond acceptors (Lipinski definition) is 2. The highest BCUT2D eigenvalue weighted by Crippen LogP contribution is 2.36. The molecule has 1 amide bonds. The Kier molecular flexibility index (Phi) is 6.04. The molecule has 1 fully saturated rings. The minimum absolute atomic E-state index is 0.000813. The second kappa shape index (κ2) is 8.46. The quantitative estimate of drug-likeness (QED) is 0.745. The molecule has 0 radical (unpaired) electrons. The molecule has 3 rings (SSSR count). The molecule has 0 aromatic heterocycles. The van der Waals surface area contributed by atoms with E-state index >= 15 is 0 Å². The van der Waals surface area contributed by atoms with Crippen LogP contribution >= 0.6 is 0 Å². The van der Waals surface area contributed by atoms with Crippen molar-refractivity contribution in [3.8, 4) is 16.9 Å². The van der Waals surface area contributed by atoms with Crippen molar-refractivity contribution in [2.75, 3.05) is 19.7 Å². The van der Waals surface area contributed by atoms with Crippen molar-refractivity contribution >= 4 is 5.91 Å². The van der Waals surface area contributed by atoms with Crippen molar-refractivity contribution in [1.29, 1.82) is 0 Å². The van der Waals surface area contributed by atoms with E-state index in [-0.39, 0.29) is 35.8 Å². The van der Waals surface area contributed by atoms with Crippen molar-refractivity contribution in [3.05, 3.63) is 53.3 Å². The van der Waals surface area contributed by atoms with Crippen LogP contribution in [0.5, 0.6) is 5.75 Å². The van der Waals surface area contributed by atoms with E-state index in [1.165, 1.54) is 6.07 Å². The highest BCUT2D eigenvalue weighted by Gasteiger charge is 2.20. The van der Waals surface area contributed by atoms with Gasteiger partial charge in [0.15, 0.2) is 11.6 Å². The third-order valence-corrected chi connectivity index (χ3v) is 4.76. The highest BCUT2D eigenvalue weighted by molar-refractivity contribution is 5.76. The number of hydrogen-bond donors (Lipinski definition) is 0. The molecule has 0 bridgehead atoms. The lowest BCUT2D eigenvalue weighted by Gasteiger charge is -2.26. The van der Waals surface area contributed by atoms with Gasteiger partial charge in [-0.3, -0.25) is 4.79 Å². The fourth-order valence-corrected chi connectivity index (χ4v) is 3.30. The molecular formula is C21H22F3NO2. The van der Waals surface area contributed by atoms with E-state index < -0.39 is 17.5 Å². The van der Waals surface area contributed by atoms with E-state index in [1.54, 1.807) is 24.0 Å². The van der Waals surface area contributed by atoms with Gasteiger partial charge in [0.1, 0.15) is 11.6 Å². The third kappa shape index (κ3) is 4.43. The van der Waals surface area contributed by atoms with Crippen molar-refractivity contribution in [2.45, 2.75) is 32.6 Å². The molecule has 0 N–H and O–H groups in total. The topological polar surface area (TPSA) is 29.5 Å². The summed E-state index contributed by atoms with van der Waals surface area (Å²) in [6.07, 6.45) is 3.17. The average molecular weight is 377 g/mol. The van der Waals surface area contributed by atoms with Crippen molar-refractivity contribution in [1.82, 2.24) is 4.90 Å². The molecule has 0 unspecified atom stereocenters. The zero-order chi connectivity index (χ0) is 19.4. The summed E-state index contributed by atoms with van der Waals surface area (Å²) in [6, 6.07) is 6.37. The predicted octanol–water partition coefficient (Wildman–Crippen LogP) is 4.86. The first-order chi connectivity index (χ1) is 13.0. The SMILES string of the molecule is Cc1cccc(-c2cc(F)cc(F)c2OCCC(=O)N2CCCCC2)c1F. The van der Waals surface area contributed by atoms with Crippen LogP contribution < -0.4 is 4.74 Å². The molecule has 0 aliphatic carbocycles. The Labute approximate surface area is 156 Å². The summed E-state index contributed by atoms with van der Waals surface area (Å²) in [5.41, 5.74) is 0.424. The molecule has 1 saturated heterocycles. The minimum atomic E-state index is -0.920. The first kappa shape index (κ1) is 19.3. The van der Waals surface area contributed by atoms with Gasteiger partial charge in [-0.1, -0.05) is 18.2 Å². The van der Waals surface area contributed by atoms with Crippen LogP contribution in [-0.2, 0) is 4.79 Å². The average Bonchev–Trinajstić information content (AvgIpc) is 2.66. The number of benzene rings is 2. The molecule has 1 heterocycles. The smallest absolute Gasteiger partial charge is 0.225 e. The van der Waals surface area contributed by atoms with Crippen molar-refractivity contribution in [3.63, 3.8) is 0 Å². The number of amides is 1. The maximum absolute atomic E-state index is 14.5. The molecule has 27 heavy (non-hydrogen) atoms. The van der Waals surface area contributed by atoms with E-state index in [2.05, 4.69) is 0 Å². The van der Waals surface area contributed by atoms with Gasteiger partial charge in [-0.15, -0.1) is 0 Å². The summed E-state index contributed by atoms with van der Waals surface area (Å²) in [5, 5.41) is 0. The molecule has 2 aromatic rings. The van der Waals surface area contributed by atoms with Gasteiger partial charge in [0, 0.05) is 30.3 Å². The molecule has 1 aliphatic rings. The van der Waals surface area contributed by atoms with Gasteiger partial charge in [0.05, 0.1) is 13.0 Å². The zero-order valence-electron chi connectivity index (χ0n) is 15.2. The first-order valence-corrected chi connectivity index (χ1v) is 9.12. The zero-order valence-corrected chi connectivity index (χ0v) is 15.2. The van der Waals surface area contributed by atoms with Crippen LogP contribution in [0.2, 0.25) is 0 Å². The molecular weight excluding hydrogens is 355 g/mol. The standard InChI is InChI=1S/C21H22F3NO2/c1-14-6-5-7-16(20(14)24)17-12-15(22)13-18(23)21(17)27-11-8-19(26)25-9-3-2-4-10-25/h5-7,12-13H,2-4,8-11H2,1H3. The Balaban J connectivity index is 1.79. The normalized spacial score (nSPS) is 14.3. The van der Waals surface area contributed by atoms with E-state index in [4.69, 9.17) is 4.74 Å². The van der Waals surface area contributed by atoms with Crippen molar-refractivity contribution < 1.29 is 22.7 Å². The fraction of sp³-hybridized carbons (Fsp3) is 0.381. The molecule has 2 aromatic carbocycles. The lowest BCUT2D eigenvalue weighted by Crippen LogP contribution is -2.36. The minimum Gasteiger partial charge on any atom is -0.489 e. The van der Waals surface area contributed by atoms with Gasteiger partial charge in [-0.05, 0) is 37.8 Å². The predicted molar refractivity (Wildman–Crippen MR) is 97.0 cm³/mol. The van der Waals surface area contributed by atoms with E-state index in [1.807, 2.05) is 0 Å².